The van der Waals surface area contributed by atoms with E-state index in [-0.39, 0.29) is 0 Å². The molecule has 0 saturated carbocycles. The molecular weight excluding hydrogens is 236 g/mol. The van der Waals surface area contributed by atoms with Gasteiger partial charge in [-0.3, -0.25) is 0 Å². The maximum absolute atomic E-state index is 3.43. The van der Waals surface area contributed by atoms with Gasteiger partial charge in [0, 0.05) is 14.5 Å². The summed E-state index contributed by atoms with van der Waals surface area (Å²) < 4.78 is 0. The molecule has 0 bridgehead atoms. The third-order valence-corrected chi connectivity index (χ3v) is 4.75. The molecule has 0 spiro atoms. The van der Waals surface area contributed by atoms with Crippen LogP contribution in [0.5, 0.6) is 0 Å². The third-order valence-electron chi connectivity index (χ3n) is 2.40. The van der Waals surface area contributed by atoms with E-state index < -0.39 is 16.1 Å². The van der Waals surface area contributed by atoms with Crippen molar-refractivity contribution in [2.45, 2.75) is 71.5 Å². The monoisotopic (exact) mass is 266 g/mol. The minimum Gasteiger partial charge on any atom is -0.132 e. The first-order chi connectivity index (χ1) is 7.60. The number of allylic oxidation sites excluding steroid dienone is 2. The van der Waals surface area contributed by atoms with E-state index in [0.29, 0.717) is 0 Å². The van der Waals surface area contributed by atoms with Crippen LogP contribution in [0.3, 0.4) is 0 Å². The molecule has 0 nitrogen and oxygen atoms in total. The van der Waals surface area contributed by atoms with Gasteiger partial charge in [-0.05, 0) is 25.8 Å². The molecule has 0 rings (SSSR count). The van der Waals surface area contributed by atoms with E-state index in [9.17, 15) is 0 Å². The number of rotatable bonds is 5. The van der Waals surface area contributed by atoms with Crippen LogP contribution in [0.4, 0.5) is 0 Å². The second-order valence-corrected chi connectivity index (χ2v) is 17.5. The molecule has 0 N–H and O–H groups in total. The molecule has 0 amide bonds. The van der Waals surface area contributed by atoms with Crippen molar-refractivity contribution in [3.05, 3.63) is 11.6 Å². The van der Waals surface area contributed by atoms with Gasteiger partial charge in [0.2, 0.25) is 0 Å². The van der Waals surface area contributed by atoms with Crippen LogP contribution >= 0.6 is 0 Å². The summed E-state index contributed by atoms with van der Waals surface area (Å²) in [5.74, 6) is 3.35. The van der Waals surface area contributed by atoms with Gasteiger partial charge in [-0.1, -0.05) is 50.9 Å². The van der Waals surface area contributed by atoms with Crippen molar-refractivity contribution in [2.24, 2.45) is 0 Å². The highest BCUT2D eigenvalue weighted by Crippen LogP contribution is 2.14. The van der Waals surface area contributed by atoms with Gasteiger partial charge in [-0.25, -0.2) is 0 Å². The second-order valence-electron chi connectivity index (χ2n) is 7.22. The lowest BCUT2D eigenvalue weighted by Gasteiger charge is -2.12. The molecule has 0 aromatic carbocycles. The third kappa shape index (κ3) is 13.7. The fourth-order valence-corrected chi connectivity index (χ4v) is 2.98. The fraction of sp³-hybridized carbons (Fsp3) is 0.733. The lowest BCUT2D eigenvalue weighted by atomic mass is 10.1. The zero-order valence-electron chi connectivity index (χ0n) is 12.9. The Morgan fingerprint density at radius 1 is 1.06 bits per heavy atom. The highest BCUT2D eigenvalue weighted by atomic mass is 28.3. The predicted molar refractivity (Wildman–Crippen MR) is 86.9 cm³/mol. The molecule has 0 aromatic rings. The Labute approximate surface area is 111 Å². The van der Waals surface area contributed by atoms with Crippen molar-refractivity contribution in [2.75, 3.05) is 0 Å². The molecule has 2 heteroatoms. The van der Waals surface area contributed by atoms with Gasteiger partial charge in [0.25, 0.3) is 0 Å². The van der Waals surface area contributed by atoms with E-state index >= 15 is 0 Å². The SMILES string of the molecule is C/C(=C/C[Si](C)(C)C)CCCC#C[Si](C)(C)C. The maximum atomic E-state index is 3.43. The normalized spacial score (nSPS) is 13.2. The number of hydrogen-bond donors (Lipinski definition) is 0. The van der Waals surface area contributed by atoms with Crippen LogP contribution in [-0.2, 0) is 0 Å². The Morgan fingerprint density at radius 3 is 2.12 bits per heavy atom. The summed E-state index contributed by atoms with van der Waals surface area (Å²) >= 11 is 0. The summed E-state index contributed by atoms with van der Waals surface area (Å²) in [6, 6.07) is 1.32. The average Bonchev–Trinajstić information content (AvgIpc) is 2.11. The van der Waals surface area contributed by atoms with Crippen LogP contribution < -0.4 is 0 Å². The molecular formula is C15H30Si2. The highest BCUT2D eigenvalue weighted by Gasteiger charge is 2.10. The Bertz CT molecular complexity index is 303. The van der Waals surface area contributed by atoms with Crippen molar-refractivity contribution < 1.29 is 0 Å². The van der Waals surface area contributed by atoms with Crippen LogP contribution in [-0.4, -0.2) is 16.1 Å². The molecule has 0 fully saturated rings. The van der Waals surface area contributed by atoms with E-state index in [2.05, 4.69) is 63.7 Å². The Hall–Kier alpha value is -0.266. The van der Waals surface area contributed by atoms with Crippen molar-refractivity contribution in [1.29, 1.82) is 0 Å². The first-order valence-electron chi connectivity index (χ1n) is 6.76. The topological polar surface area (TPSA) is 0 Å². The van der Waals surface area contributed by atoms with E-state index in [1.165, 1.54) is 18.9 Å². The smallest absolute Gasteiger partial charge is 0.129 e. The molecule has 0 saturated heterocycles. The fourth-order valence-electron chi connectivity index (χ4n) is 1.37. The van der Waals surface area contributed by atoms with Crippen molar-refractivity contribution in [3.8, 4) is 11.5 Å². The van der Waals surface area contributed by atoms with Crippen molar-refractivity contribution in [3.63, 3.8) is 0 Å². The first kappa shape index (κ1) is 16.7. The lowest BCUT2D eigenvalue weighted by Crippen LogP contribution is -2.17. The Kier molecular flexibility index (Phi) is 7.12. The zero-order chi connectivity index (χ0) is 13.5. The molecule has 98 valence electrons. The van der Waals surface area contributed by atoms with Crippen LogP contribution in [0, 0.1) is 11.5 Å². The largest absolute Gasteiger partial charge is 0.132 e. The summed E-state index contributed by atoms with van der Waals surface area (Å²) in [6.07, 6.45) is 5.98. The summed E-state index contributed by atoms with van der Waals surface area (Å²) in [4.78, 5) is 0. The van der Waals surface area contributed by atoms with Gasteiger partial charge in [-0.2, -0.15) is 0 Å². The van der Waals surface area contributed by atoms with Crippen LogP contribution in [0.2, 0.25) is 45.3 Å². The highest BCUT2D eigenvalue weighted by molar-refractivity contribution is 6.83. The van der Waals surface area contributed by atoms with Gasteiger partial charge < -0.3 is 0 Å². The minimum absolute atomic E-state index is 0.898. The van der Waals surface area contributed by atoms with Gasteiger partial charge in [0.05, 0.1) is 0 Å². The lowest BCUT2D eigenvalue weighted by molar-refractivity contribution is 0.844. The van der Waals surface area contributed by atoms with Gasteiger partial charge in [0.15, 0.2) is 0 Å². The van der Waals surface area contributed by atoms with Gasteiger partial charge in [-0.15, -0.1) is 11.5 Å². The van der Waals surface area contributed by atoms with Gasteiger partial charge in [0.1, 0.15) is 8.07 Å². The van der Waals surface area contributed by atoms with Crippen molar-refractivity contribution in [1.82, 2.24) is 0 Å². The summed E-state index contributed by atoms with van der Waals surface area (Å²) in [5, 5.41) is 0. The molecule has 0 aromatic heterocycles. The van der Waals surface area contributed by atoms with Crippen LogP contribution in [0.25, 0.3) is 0 Å². The standard InChI is InChI=1S/C15H30Si2/c1-15(12-14-17(5,6)7)11-9-8-10-13-16(2,3)4/h12H,8-9,11,14H2,1-7H3/b15-12-. The molecule has 0 radical (unpaired) electrons. The van der Waals surface area contributed by atoms with E-state index in [1.54, 1.807) is 5.57 Å². The number of hydrogen-bond acceptors (Lipinski definition) is 0. The second kappa shape index (κ2) is 7.23. The molecule has 0 aliphatic heterocycles. The first-order valence-corrected chi connectivity index (χ1v) is 14.0. The molecule has 17 heavy (non-hydrogen) atoms. The summed E-state index contributed by atoms with van der Waals surface area (Å²) in [6.45, 7) is 16.5. The number of unbranched alkanes of at least 4 members (excludes halogenated alkanes) is 1. The van der Waals surface area contributed by atoms with Crippen LogP contribution in [0.1, 0.15) is 26.2 Å². The molecule has 0 heterocycles. The quantitative estimate of drug-likeness (QED) is 0.273. The molecule has 0 atom stereocenters. The van der Waals surface area contributed by atoms with Gasteiger partial charge >= 0.3 is 0 Å². The Morgan fingerprint density at radius 2 is 1.65 bits per heavy atom. The van der Waals surface area contributed by atoms with E-state index in [4.69, 9.17) is 0 Å². The summed E-state index contributed by atoms with van der Waals surface area (Å²) in [5.41, 5.74) is 4.99. The van der Waals surface area contributed by atoms with Crippen molar-refractivity contribution >= 4 is 16.1 Å². The maximum Gasteiger partial charge on any atom is 0.129 e. The molecule has 0 aliphatic carbocycles. The Balaban J connectivity index is 3.86. The minimum atomic E-state index is -1.14. The van der Waals surface area contributed by atoms with E-state index in [1.807, 2.05) is 0 Å². The average molecular weight is 267 g/mol. The molecule has 0 aliphatic rings. The predicted octanol–water partition coefficient (Wildman–Crippen LogP) is 5.32. The van der Waals surface area contributed by atoms with E-state index in [0.717, 1.165) is 6.42 Å². The summed E-state index contributed by atoms with van der Waals surface area (Å²) in [7, 11) is -2.04. The van der Waals surface area contributed by atoms with Crippen LogP contribution in [0.15, 0.2) is 11.6 Å². The zero-order valence-corrected chi connectivity index (χ0v) is 14.9. The molecule has 0 unspecified atom stereocenters.